The summed E-state index contributed by atoms with van der Waals surface area (Å²) in [6.07, 6.45) is 3.00. The molecule has 1 aromatic carbocycles. The van der Waals surface area contributed by atoms with E-state index in [4.69, 9.17) is 9.26 Å². The fourth-order valence-corrected chi connectivity index (χ4v) is 3.02. The van der Waals surface area contributed by atoms with Crippen molar-refractivity contribution in [2.75, 3.05) is 6.61 Å². The fraction of sp³-hybridized carbons (Fsp3) is 0.333. The lowest BCUT2D eigenvalue weighted by Gasteiger charge is -2.27. The molecule has 1 N–H and O–H groups in total. The molecule has 0 fully saturated rings. The van der Waals surface area contributed by atoms with Crippen LogP contribution in [0.3, 0.4) is 0 Å². The van der Waals surface area contributed by atoms with E-state index in [-0.39, 0.29) is 11.9 Å². The summed E-state index contributed by atoms with van der Waals surface area (Å²) in [7, 11) is 1.74. The number of carbonyl (C=O) groups excluding carboxylic acids is 1. The predicted octanol–water partition coefficient (Wildman–Crippen LogP) is 2.29. The van der Waals surface area contributed by atoms with Gasteiger partial charge in [-0.15, -0.1) is 0 Å². The molecule has 3 heterocycles. The molecule has 2 aromatic heterocycles. The van der Waals surface area contributed by atoms with Gasteiger partial charge >= 0.3 is 0 Å². The van der Waals surface area contributed by atoms with Crippen molar-refractivity contribution in [2.45, 2.75) is 25.8 Å². The molecule has 1 atom stereocenters. The molecule has 134 valence electrons. The van der Waals surface area contributed by atoms with E-state index in [1.165, 1.54) is 0 Å². The smallest absolute Gasteiger partial charge is 0.270 e. The van der Waals surface area contributed by atoms with Crippen LogP contribution in [0.25, 0.3) is 11.4 Å². The van der Waals surface area contributed by atoms with Gasteiger partial charge in [-0.3, -0.25) is 9.48 Å². The Bertz CT molecular complexity index is 946. The Morgan fingerprint density at radius 2 is 2.27 bits per heavy atom. The molecule has 0 radical (unpaired) electrons. The third-order valence-corrected chi connectivity index (χ3v) is 4.44. The first-order valence-electron chi connectivity index (χ1n) is 8.54. The molecule has 1 aliphatic rings. The summed E-state index contributed by atoms with van der Waals surface area (Å²) >= 11 is 0. The lowest BCUT2D eigenvalue weighted by molar-refractivity contribution is 0.0915. The van der Waals surface area contributed by atoms with Crippen molar-refractivity contribution in [3.63, 3.8) is 0 Å². The fourth-order valence-electron chi connectivity index (χ4n) is 3.02. The Balaban J connectivity index is 1.58. The lowest BCUT2D eigenvalue weighted by atomic mass is 9.98. The zero-order valence-corrected chi connectivity index (χ0v) is 14.6. The molecule has 0 spiro atoms. The number of benzene rings is 1. The number of aryl methyl sites for hydroxylation is 2. The van der Waals surface area contributed by atoms with Crippen LogP contribution in [0.2, 0.25) is 0 Å². The van der Waals surface area contributed by atoms with Gasteiger partial charge in [0, 0.05) is 37.2 Å². The zero-order chi connectivity index (χ0) is 18.1. The second-order valence-electron chi connectivity index (χ2n) is 6.12. The monoisotopic (exact) mass is 353 g/mol. The molecule has 1 amide bonds. The van der Waals surface area contributed by atoms with Crippen molar-refractivity contribution in [2.24, 2.45) is 7.05 Å². The van der Waals surface area contributed by atoms with Crippen LogP contribution in [0.15, 0.2) is 35.0 Å². The summed E-state index contributed by atoms with van der Waals surface area (Å²) in [6, 6.07) is 7.33. The third kappa shape index (κ3) is 2.94. The molecular weight excluding hydrogens is 334 g/mol. The van der Waals surface area contributed by atoms with Crippen molar-refractivity contribution in [3.05, 3.63) is 47.6 Å². The summed E-state index contributed by atoms with van der Waals surface area (Å²) in [5.41, 5.74) is 2.29. The first-order chi connectivity index (χ1) is 12.7. The minimum atomic E-state index is -0.155. The van der Waals surface area contributed by atoms with Crippen LogP contribution in [0.5, 0.6) is 5.75 Å². The molecule has 0 bridgehead atoms. The van der Waals surface area contributed by atoms with Gasteiger partial charge in [-0.1, -0.05) is 24.2 Å². The SMILES string of the molecule is CCc1nc(-c2ccc3c(c2)OCC[C@H]3NC(=O)c2ccnn2C)no1. The van der Waals surface area contributed by atoms with Crippen LogP contribution < -0.4 is 10.1 Å². The van der Waals surface area contributed by atoms with E-state index < -0.39 is 0 Å². The number of ether oxygens (including phenoxy) is 1. The van der Waals surface area contributed by atoms with Crippen LogP contribution in [0.1, 0.15) is 41.3 Å². The average molecular weight is 353 g/mol. The van der Waals surface area contributed by atoms with Gasteiger partial charge < -0.3 is 14.6 Å². The molecule has 0 unspecified atom stereocenters. The number of aromatic nitrogens is 4. The lowest BCUT2D eigenvalue weighted by Crippen LogP contribution is -2.33. The van der Waals surface area contributed by atoms with Crippen LogP contribution in [0, 0.1) is 0 Å². The minimum absolute atomic E-state index is 0.119. The molecule has 26 heavy (non-hydrogen) atoms. The van der Waals surface area contributed by atoms with Crippen molar-refractivity contribution in [3.8, 4) is 17.1 Å². The van der Waals surface area contributed by atoms with Crippen molar-refractivity contribution in [1.82, 2.24) is 25.2 Å². The number of fused-ring (bicyclic) bond motifs is 1. The maximum Gasteiger partial charge on any atom is 0.270 e. The van der Waals surface area contributed by atoms with E-state index in [0.29, 0.717) is 36.9 Å². The molecule has 0 saturated heterocycles. The Hall–Kier alpha value is -3.16. The molecule has 0 saturated carbocycles. The van der Waals surface area contributed by atoms with E-state index in [9.17, 15) is 4.79 Å². The van der Waals surface area contributed by atoms with Gasteiger partial charge in [0.2, 0.25) is 11.7 Å². The predicted molar refractivity (Wildman–Crippen MR) is 92.6 cm³/mol. The molecule has 8 nitrogen and oxygen atoms in total. The number of amides is 1. The molecule has 3 aromatic rings. The van der Waals surface area contributed by atoms with Gasteiger partial charge in [0.1, 0.15) is 11.4 Å². The van der Waals surface area contributed by atoms with Gasteiger partial charge in [-0.2, -0.15) is 10.1 Å². The summed E-state index contributed by atoms with van der Waals surface area (Å²) in [5, 5.41) is 11.1. The normalized spacial score (nSPS) is 16.0. The quantitative estimate of drug-likeness (QED) is 0.773. The number of hydrogen-bond acceptors (Lipinski definition) is 6. The van der Waals surface area contributed by atoms with E-state index >= 15 is 0 Å². The van der Waals surface area contributed by atoms with Gasteiger partial charge in [0.15, 0.2) is 0 Å². The summed E-state index contributed by atoms with van der Waals surface area (Å²) in [5.74, 6) is 1.71. The Kier molecular flexibility index (Phi) is 4.16. The second kappa shape index (κ2) is 6.62. The molecule has 4 rings (SSSR count). The summed E-state index contributed by atoms with van der Waals surface area (Å²) < 4.78 is 12.5. The second-order valence-corrected chi connectivity index (χ2v) is 6.12. The van der Waals surface area contributed by atoms with Crippen molar-refractivity contribution < 1.29 is 14.1 Å². The van der Waals surface area contributed by atoms with Gasteiger partial charge in [0.25, 0.3) is 5.91 Å². The number of rotatable bonds is 4. The standard InChI is InChI=1S/C18H19N5O3/c1-3-16-21-17(22-26-16)11-4-5-12-13(7-9-25-15(12)10-11)20-18(24)14-6-8-19-23(14)2/h4-6,8,10,13H,3,7,9H2,1-2H3,(H,20,24)/t13-/m1/s1. The van der Waals surface area contributed by atoms with Crippen LogP contribution in [0.4, 0.5) is 0 Å². The number of nitrogens with zero attached hydrogens (tertiary/aromatic N) is 4. The topological polar surface area (TPSA) is 95.1 Å². The maximum absolute atomic E-state index is 12.5. The number of carbonyl (C=O) groups is 1. The highest BCUT2D eigenvalue weighted by molar-refractivity contribution is 5.92. The molecule has 8 heteroatoms. The Labute approximate surface area is 150 Å². The van der Waals surface area contributed by atoms with Gasteiger partial charge in [0.05, 0.1) is 12.6 Å². The number of nitrogens with one attached hydrogen (secondary N) is 1. The average Bonchev–Trinajstić information content (AvgIpc) is 3.30. The third-order valence-electron chi connectivity index (χ3n) is 4.44. The van der Waals surface area contributed by atoms with Crippen molar-refractivity contribution in [1.29, 1.82) is 0 Å². The Morgan fingerprint density at radius 3 is 3.00 bits per heavy atom. The van der Waals surface area contributed by atoms with Crippen molar-refractivity contribution >= 4 is 5.91 Å². The summed E-state index contributed by atoms with van der Waals surface area (Å²) in [4.78, 5) is 16.8. The van der Waals surface area contributed by atoms with Crippen LogP contribution >= 0.6 is 0 Å². The molecule has 1 aliphatic heterocycles. The van der Waals surface area contributed by atoms with Crippen LogP contribution in [-0.2, 0) is 13.5 Å². The zero-order valence-electron chi connectivity index (χ0n) is 14.6. The highest BCUT2D eigenvalue weighted by Gasteiger charge is 2.25. The van der Waals surface area contributed by atoms with E-state index in [1.807, 2.05) is 25.1 Å². The van der Waals surface area contributed by atoms with Crippen LogP contribution in [-0.4, -0.2) is 32.4 Å². The van der Waals surface area contributed by atoms with E-state index in [2.05, 4.69) is 20.6 Å². The highest BCUT2D eigenvalue weighted by atomic mass is 16.5. The molecular formula is C18H19N5O3. The Morgan fingerprint density at radius 1 is 1.38 bits per heavy atom. The number of hydrogen-bond donors (Lipinski definition) is 1. The van der Waals surface area contributed by atoms with E-state index in [1.54, 1.807) is 24.0 Å². The van der Waals surface area contributed by atoms with Gasteiger partial charge in [-0.25, -0.2) is 0 Å². The summed E-state index contributed by atoms with van der Waals surface area (Å²) in [6.45, 7) is 2.49. The minimum Gasteiger partial charge on any atom is -0.493 e. The highest BCUT2D eigenvalue weighted by Crippen LogP contribution is 2.35. The van der Waals surface area contributed by atoms with Gasteiger partial charge in [-0.05, 0) is 12.1 Å². The maximum atomic E-state index is 12.5. The first kappa shape index (κ1) is 16.3. The largest absolute Gasteiger partial charge is 0.493 e. The molecule has 0 aliphatic carbocycles. The van der Waals surface area contributed by atoms with E-state index in [0.717, 1.165) is 16.9 Å². The first-order valence-corrected chi connectivity index (χ1v) is 8.54.